The van der Waals surface area contributed by atoms with Crippen LogP contribution in [0.2, 0.25) is 0 Å². The molecule has 8 atom stereocenters. The summed E-state index contributed by atoms with van der Waals surface area (Å²) < 4.78 is 16.5. The molecule has 2 aliphatic heterocycles. The molecule has 0 spiro atoms. The number of cyclic esters (lactones) is 1. The highest BCUT2D eigenvalue weighted by Gasteiger charge is 2.45. The van der Waals surface area contributed by atoms with Crippen molar-refractivity contribution in [2.24, 2.45) is 5.92 Å². The van der Waals surface area contributed by atoms with Gasteiger partial charge in [-0.2, -0.15) is 0 Å². The van der Waals surface area contributed by atoms with Gasteiger partial charge >= 0.3 is 5.97 Å². The van der Waals surface area contributed by atoms with Crippen LogP contribution in [0.25, 0.3) is 0 Å². The van der Waals surface area contributed by atoms with E-state index in [9.17, 15) is 25.2 Å². The largest absolute Gasteiger partial charge is 0.458 e. The number of esters is 1. The first-order chi connectivity index (χ1) is 12.4. The molecular weight excluding hydrogens is 344 g/mol. The maximum absolute atomic E-state index is 11.9. The molecule has 1 aliphatic carbocycles. The van der Waals surface area contributed by atoms with E-state index < -0.39 is 37.3 Å². The fourth-order valence-electron chi connectivity index (χ4n) is 3.95. The van der Waals surface area contributed by atoms with Crippen LogP contribution in [0.5, 0.6) is 0 Å². The molecule has 0 unspecified atom stereocenters. The van der Waals surface area contributed by atoms with Crippen LogP contribution in [0.15, 0.2) is 11.6 Å². The molecule has 0 amide bonds. The first kappa shape index (κ1) is 19.7. The lowest BCUT2D eigenvalue weighted by atomic mass is 9.84. The van der Waals surface area contributed by atoms with E-state index in [4.69, 9.17) is 14.2 Å². The normalized spacial score (nSPS) is 41.3. The Morgan fingerprint density at radius 2 is 2.00 bits per heavy atom. The monoisotopic (exact) mass is 372 g/mol. The number of hydrogen-bond acceptors (Lipinski definition) is 8. The maximum Gasteiger partial charge on any atom is 0.334 e. The van der Waals surface area contributed by atoms with Crippen molar-refractivity contribution in [1.29, 1.82) is 0 Å². The van der Waals surface area contributed by atoms with E-state index in [0.29, 0.717) is 12.8 Å². The fraction of sp³-hybridized carbons (Fsp3) is 0.833. The summed E-state index contributed by atoms with van der Waals surface area (Å²) in [5, 5.41) is 38.8. The molecule has 8 heteroatoms. The Morgan fingerprint density at radius 1 is 1.23 bits per heavy atom. The van der Waals surface area contributed by atoms with Crippen molar-refractivity contribution >= 4 is 5.97 Å². The number of carbonyl (C=O) groups excluding carboxylic acids is 1. The number of aliphatic hydroxyl groups excluding tert-OH is 4. The summed E-state index contributed by atoms with van der Waals surface area (Å²) in [4.78, 5) is 11.9. The van der Waals surface area contributed by atoms with Gasteiger partial charge in [-0.05, 0) is 39.0 Å². The van der Waals surface area contributed by atoms with E-state index in [1.54, 1.807) is 6.92 Å². The van der Waals surface area contributed by atoms with E-state index in [1.807, 2.05) is 6.08 Å². The van der Waals surface area contributed by atoms with Crippen LogP contribution in [0.3, 0.4) is 0 Å². The summed E-state index contributed by atoms with van der Waals surface area (Å²) in [6, 6.07) is 0. The SMILES string of the molecule is C[C@H](CC[C@@H]1OC(=O)C2=CCCC[C@H]21)O[C@@H]1O[C@H](CO)[C@@H](O)[C@H](O)[C@H]1O. The van der Waals surface area contributed by atoms with Gasteiger partial charge in [0.1, 0.15) is 30.5 Å². The van der Waals surface area contributed by atoms with Gasteiger partial charge in [0, 0.05) is 11.5 Å². The van der Waals surface area contributed by atoms with Crippen molar-refractivity contribution in [3.63, 3.8) is 0 Å². The van der Waals surface area contributed by atoms with Gasteiger partial charge in [0.2, 0.25) is 0 Å². The topological polar surface area (TPSA) is 126 Å². The first-order valence-electron chi connectivity index (χ1n) is 9.29. The van der Waals surface area contributed by atoms with Crippen molar-refractivity contribution in [3.05, 3.63) is 11.6 Å². The van der Waals surface area contributed by atoms with Crippen LogP contribution in [-0.4, -0.2) is 75.9 Å². The number of rotatable bonds is 6. The number of fused-ring (bicyclic) bond motifs is 1. The van der Waals surface area contributed by atoms with Gasteiger partial charge in [0.05, 0.1) is 12.7 Å². The van der Waals surface area contributed by atoms with E-state index >= 15 is 0 Å². The van der Waals surface area contributed by atoms with Crippen LogP contribution in [0, 0.1) is 5.92 Å². The summed E-state index contributed by atoms with van der Waals surface area (Å²) in [6.45, 7) is 1.31. The molecule has 3 rings (SSSR count). The maximum atomic E-state index is 11.9. The van der Waals surface area contributed by atoms with Gasteiger partial charge in [0.15, 0.2) is 6.29 Å². The average molecular weight is 372 g/mol. The third kappa shape index (κ3) is 3.95. The van der Waals surface area contributed by atoms with Crippen LogP contribution in [0.4, 0.5) is 0 Å². The lowest BCUT2D eigenvalue weighted by molar-refractivity contribution is -0.310. The quantitative estimate of drug-likeness (QED) is 0.465. The first-order valence-corrected chi connectivity index (χ1v) is 9.29. The fourth-order valence-corrected chi connectivity index (χ4v) is 3.95. The van der Waals surface area contributed by atoms with Gasteiger partial charge in [-0.15, -0.1) is 0 Å². The Labute approximate surface area is 152 Å². The van der Waals surface area contributed by atoms with Crippen molar-refractivity contribution in [3.8, 4) is 0 Å². The smallest absolute Gasteiger partial charge is 0.334 e. The highest BCUT2D eigenvalue weighted by atomic mass is 16.7. The number of carbonyl (C=O) groups is 1. The standard InChI is InChI=1S/C18H28O8/c1-9(24-18-16(22)15(21)14(20)13(8-19)26-18)6-7-12-10-4-2-3-5-11(10)17(23)25-12/h5,9-10,12-16,18-22H,2-4,6-8H2,1H3/t9-,10-,12+,13-,14-,15+,16-,18-/m1/s1. The molecule has 0 aromatic heterocycles. The zero-order chi connectivity index (χ0) is 18.8. The molecule has 3 aliphatic rings. The molecule has 26 heavy (non-hydrogen) atoms. The Bertz CT molecular complexity index is 533. The zero-order valence-corrected chi connectivity index (χ0v) is 14.9. The molecule has 8 nitrogen and oxygen atoms in total. The summed E-state index contributed by atoms with van der Waals surface area (Å²) >= 11 is 0. The molecule has 0 radical (unpaired) electrons. The van der Waals surface area contributed by atoms with Gasteiger partial charge < -0.3 is 34.6 Å². The minimum absolute atomic E-state index is 0.149. The molecule has 2 saturated heterocycles. The van der Waals surface area contributed by atoms with Crippen LogP contribution >= 0.6 is 0 Å². The van der Waals surface area contributed by atoms with E-state index in [2.05, 4.69) is 0 Å². The minimum atomic E-state index is -1.45. The van der Waals surface area contributed by atoms with E-state index in [0.717, 1.165) is 24.8 Å². The molecule has 0 aromatic carbocycles. The Hall–Kier alpha value is -1.03. The molecule has 148 valence electrons. The summed E-state index contributed by atoms with van der Waals surface area (Å²) in [7, 11) is 0. The Balaban J connectivity index is 1.51. The van der Waals surface area contributed by atoms with Gasteiger partial charge in [-0.3, -0.25) is 0 Å². The lowest BCUT2D eigenvalue weighted by Gasteiger charge is -2.40. The second-order valence-corrected chi connectivity index (χ2v) is 7.36. The summed E-state index contributed by atoms with van der Waals surface area (Å²) in [6.07, 6.45) is -0.772. The van der Waals surface area contributed by atoms with E-state index in [1.165, 1.54) is 0 Å². The molecule has 0 bridgehead atoms. The number of aliphatic hydroxyl groups is 4. The number of ether oxygens (including phenoxy) is 3. The second kappa shape index (κ2) is 8.33. The predicted octanol–water partition coefficient (Wildman–Crippen LogP) is -0.377. The number of hydrogen-bond donors (Lipinski definition) is 4. The minimum Gasteiger partial charge on any atom is -0.458 e. The third-order valence-electron chi connectivity index (χ3n) is 5.50. The van der Waals surface area contributed by atoms with Crippen LogP contribution in [-0.2, 0) is 19.0 Å². The van der Waals surface area contributed by atoms with Gasteiger partial charge in [-0.25, -0.2) is 4.79 Å². The molecule has 0 saturated carbocycles. The molecule has 4 N–H and O–H groups in total. The highest BCUT2D eigenvalue weighted by Crippen LogP contribution is 2.38. The van der Waals surface area contributed by atoms with Gasteiger partial charge in [-0.1, -0.05) is 6.08 Å². The van der Waals surface area contributed by atoms with E-state index in [-0.39, 0.29) is 24.1 Å². The number of allylic oxidation sites excluding steroid dienone is 1. The molecular formula is C18H28O8. The predicted molar refractivity (Wildman–Crippen MR) is 88.9 cm³/mol. The van der Waals surface area contributed by atoms with Crippen LogP contribution in [0.1, 0.15) is 39.0 Å². The summed E-state index contributed by atoms with van der Waals surface area (Å²) in [5.74, 6) is -0.0714. The van der Waals surface area contributed by atoms with Crippen molar-refractivity contribution < 1.29 is 39.4 Å². The summed E-state index contributed by atoms with van der Waals surface area (Å²) in [5.41, 5.74) is 0.795. The zero-order valence-electron chi connectivity index (χ0n) is 14.9. The Morgan fingerprint density at radius 3 is 2.73 bits per heavy atom. The van der Waals surface area contributed by atoms with Crippen molar-refractivity contribution in [1.82, 2.24) is 0 Å². The molecule has 2 heterocycles. The van der Waals surface area contributed by atoms with Crippen LogP contribution < -0.4 is 0 Å². The van der Waals surface area contributed by atoms with Crippen molar-refractivity contribution in [2.75, 3.05) is 6.61 Å². The lowest BCUT2D eigenvalue weighted by Crippen LogP contribution is -2.59. The van der Waals surface area contributed by atoms with Gasteiger partial charge in [0.25, 0.3) is 0 Å². The molecule has 2 fully saturated rings. The second-order valence-electron chi connectivity index (χ2n) is 7.36. The third-order valence-corrected chi connectivity index (χ3v) is 5.50. The highest BCUT2D eigenvalue weighted by molar-refractivity contribution is 5.91. The molecule has 0 aromatic rings. The Kier molecular flexibility index (Phi) is 6.32. The average Bonchev–Trinajstić information content (AvgIpc) is 2.97. The van der Waals surface area contributed by atoms with Crippen molar-refractivity contribution in [2.45, 2.75) is 81.9 Å².